The van der Waals surface area contributed by atoms with Crippen molar-refractivity contribution in [2.75, 3.05) is 16.9 Å². The molecule has 6 heteroatoms. The van der Waals surface area contributed by atoms with Crippen molar-refractivity contribution in [1.82, 2.24) is 4.98 Å². The van der Waals surface area contributed by atoms with Crippen molar-refractivity contribution >= 4 is 35.1 Å². The summed E-state index contributed by atoms with van der Waals surface area (Å²) in [5.74, 6) is -1.08. The molecule has 2 aromatic rings. The van der Waals surface area contributed by atoms with Gasteiger partial charge in [0.25, 0.3) is 0 Å². The van der Waals surface area contributed by atoms with Gasteiger partial charge in [-0.05, 0) is 43.0 Å². The van der Waals surface area contributed by atoms with E-state index in [9.17, 15) is 9.59 Å². The minimum Gasteiger partial charge on any atom is -0.318 e. The first kappa shape index (κ1) is 15.1. The van der Waals surface area contributed by atoms with E-state index in [1.165, 1.54) is 0 Å². The molecule has 2 amide bonds. The number of aromatic nitrogens is 1. The number of benzene rings is 1. The second kappa shape index (κ2) is 6.90. The van der Waals surface area contributed by atoms with E-state index >= 15 is 0 Å². The zero-order valence-electron chi connectivity index (χ0n) is 11.7. The second-order valence-corrected chi connectivity index (χ2v) is 5.19. The SMILES string of the molecule is CSc1cccc(NC(=O)C(=O)Nc2ncccc2C)c1. The number of anilines is 2. The van der Waals surface area contributed by atoms with Crippen molar-refractivity contribution in [3.8, 4) is 0 Å². The van der Waals surface area contributed by atoms with Crippen molar-refractivity contribution in [2.45, 2.75) is 11.8 Å². The molecule has 0 radical (unpaired) electrons. The van der Waals surface area contributed by atoms with Gasteiger partial charge in [0.15, 0.2) is 0 Å². The Labute approximate surface area is 127 Å². The quantitative estimate of drug-likeness (QED) is 0.675. The van der Waals surface area contributed by atoms with Crippen LogP contribution >= 0.6 is 11.8 Å². The number of carbonyl (C=O) groups is 2. The number of carbonyl (C=O) groups excluding carboxylic acids is 2. The normalized spacial score (nSPS) is 10.0. The molecule has 1 aromatic carbocycles. The van der Waals surface area contributed by atoms with Gasteiger partial charge < -0.3 is 10.6 Å². The van der Waals surface area contributed by atoms with Crippen LogP contribution in [0.2, 0.25) is 0 Å². The van der Waals surface area contributed by atoms with E-state index < -0.39 is 11.8 Å². The zero-order valence-corrected chi connectivity index (χ0v) is 12.5. The maximum Gasteiger partial charge on any atom is 0.315 e. The van der Waals surface area contributed by atoms with Crippen LogP contribution in [0.3, 0.4) is 0 Å². The number of nitrogens with one attached hydrogen (secondary N) is 2. The van der Waals surface area contributed by atoms with Crippen LogP contribution in [-0.2, 0) is 9.59 Å². The number of hydrogen-bond donors (Lipinski definition) is 2. The van der Waals surface area contributed by atoms with Crippen LogP contribution in [0.15, 0.2) is 47.5 Å². The third-order valence-electron chi connectivity index (χ3n) is 2.78. The lowest BCUT2D eigenvalue weighted by Gasteiger charge is -2.08. The molecule has 2 rings (SSSR count). The smallest absolute Gasteiger partial charge is 0.315 e. The largest absolute Gasteiger partial charge is 0.318 e. The molecule has 0 aliphatic carbocycles. The molecule has 0 aliphatic heterocycles. The van der Waals surface area contributed by atoms with E-state index in [0.29, 0.717) is 11.5 Å². The van der Waals surface area contributed by atoms with E-state index in [1.807, 2.05) is 37.4 Å². The average molecular weight is 301 g/mol. The van der Waals surface area contributed by atoms with Gasteiger partial charge in [-0.25, -0.2) is 4.98 Å². The Balaban J connectivity index is 2.03. The maximum absolute atomic E-state index is 11.9. The summed E-state index contributed by atoms with van der Waals surface area (Å²) in [7, 11) is 0. The van der Waals surface area contributed by atoms with E-state index in [0.717, 1.165) is 10.5 Å². The van der Waals surface area contributed by atoms with Crippen LogP contribution in [0, 0.1) is 6.92 Å². The number of aryl methyl sites for hydroxylation is 1. The lowest BCUT2D eigenvalue weighted by atomic mass is 10.3. The Morgan fingerprint density at radius 2 is 1.86 bits per heavy atom. The van der Waals surface area contributed by atoms with Crippen LogP contribution in [0.1, 0.15) is 5.56 Å². The third kappa shape index (κ3) is 4.06. The van der Waals surface area contributed by atoms with Crippen LogP contribution in [0.25, 0.3) is 0 Å². The molecule has 0 atom stereocenters. The van der Waals surface area contributed by atoms with Gasteiger partial charge in [-0.1, -0.05) is 12.1 Å². The van der Waals surface area contributed by atoms with Crippen molar-refractivity contribution in [3.05, 3.63) is 48.2 Å². The minimum absolute atomic E-state index is 0.385. The predicted octanol–water partition coefficient (Wildman–Crippen LogP) is 2.69. The Morgan fingerprint density at radius 1 is 1.10 bits per heavy atom. The summed E-state index contributed by atoms with van der Waals surface area (Å²) in [5, 5.41) is 5.06. The number of hydrogen-bond acceptors (Lipinski definition) is 4. The van der Waals surface area contributed by atoms with E-state index in [4.69, 9.17) is 0 Å². The van der Waals surface area contributed by atoms with Gasteiger partial charge in [0.1, 0.15) is 5.82 Å². The predicted molar refractivity (Wildman–Crippen MR) is 84.5 cm³/mol. The van der Waals surface area contributed by atoms with Gasteiger partial charge in [0.05, 0.1) is 0 Å². The van der Waals surface area contributed by atoms with Crippen LogP contribution in [-0.4, -0.2) is 23.1 Å². The molecule has 0 aliphatic rings. The Kier molecular flexibility index (Phi) is 4.94. The Hall–Kier alpha value is -2.34. The van der Waals surface area contributed by atoms with Crippen molar-refractivity contribution in [2.24, 2.45) is 0 Å². The fraction of sp³-hybridized carbons (Fsp3) is 0.133. The first-order valence-electron chi connectivity index (χ1n) is 6.28. The molecule has 0 saturated heterocycles. The fourth-order valence-electron chi connectivity index (χ4n) is 1.67. The van der Waals surface area contributed by atoms with Gasteiger partial charge in [-0.3, -0.25) is 9.59 Å². The lowest BCUT2D eigenvalue weighted by molar-refractivity contribution is -0.133. The lowest BCUT2D eigenvalue weighted by Crippen LogP contribution is -2.29. The second-order valence-electron chi connectivity index (χ2n) is 4.31. The summed E-state index contributed by atoms with van der Waals surface area (Å²) in [4.78, 5) is 28.8. The molecule has 0 bridgehead atoms. The Bertz CT molecular complexity index is 673. The third-order valence-corrected chi connectivity index (χ3v) is 3.50. The highest BCUT2D eigenvalue weighted by Gasteiger charge is 2.15. The summed E-state index contributed by atoms with van der Waals surface area (Å²) in [6.45, 7) is 1.81. The number of nitrogens with zero attached hydrogens (tertiary/aromatic N) is 1. The van der Waals surface area contributed by atoms with E-state index in [-0.39, 0.29) is 0 Å². The molecular formula is C15H15N3O2S. The molecule has 5 nitrogen and oxygen atoms in total. The highest BCUT2D eigenvalue weighted by atomic mass is 32.2. The molecule has 2 N–H and O–H groups in total. The van der Waals surface area contributed by atoms with Crippen LogP contribution < -0.4 is 10.6 Å². The van der Waals surface area contributed by atoms with Crippen LogP contribution in [0.5, 0.6) is 0 Å². The summed E-state index contributed by atoms with van der Waals surface area (Å²) in [6, 6.07) is 10.9. The van der Waals surface area contributed by atoms with Crippen molar-refractivity contribution in [1.29, 1.82) is 0 Å². The zero-order chi connectivity index (χ0) is 15.2. The molecule has 1 aromatic heterocycles. The van der Waals surface area contributed by atoms with Gasteiger partial charge in [-0.15, -0.1) is 11.8 Å². The molecule has 21 heavy (non-hydrogen) atoms. The van der Waals surface area contributed by atoms with Gasteiger partial charge in [-0.2, -0.15) is 0 Å². The van der Waals surface area contributed by atoms with Gasteiger partial charge >= 0.3 is 11.8 Å². The van der Waals surface area contributed by atoms with E-state index in [1.54, 1.807) is 30.1 Å². The fourth-order valence-corrected chi connectivity index (χ4v) is 2.13. The number of amides is 2. The Morgan fingerprint density at radius 3 is 2.57 bits per heavy atom. The molecule has 0 fully saturated rings. The summed E-state index contributed by atoms with van der Waals surface area (Å²) < 4.78 is 0. The molecule has 108 valence electrons. The number of pyridine rings is 1. The highest BCUT2D eigenvalue weighted by Crippen LogP contribution is 2.19. The summed E-state index contributed by atoms with van der Waals surface area (Å²) >= 11 is 1.56. The van der Waals surface area contributed by atoms with Gasteiger partial charge in [0.2, 0.25) is 0 Å². The molecule has 1 heterocycles. The monoisotopic (exact) mass is 301 g/mol. The number of rotatable bonds is 3. The van der Waals surface area contributed by atoms with Gasteiger partial charge in [0, 0.05) is 16.8 Å². The molecular weight excluding hydrogens is 286 g/mol. The first-order valence-corrected chi connectivity index (χ1v) is 7.50. The van der Waals surface area contributed by atoms with Crippen LogP contribution in [0.4, 0.5) is 11.5 Å². The molecule has 0 unspecified atom stereocenters. The number of thioether (sulfide) groups is 1. The topological polar surface area (TPSA) is 71.1 Å². The van der Waals surface area contributed by atoms with Crippen molar-refractivity contribution in [3.63, 3.8) is 0 Å². The molecule has 0 spiro atoms. The maximum atomic E-state index is 11.9. The minimum atomic E-state index is -0.744. The summed E-state index contributed by atoms with van der Waals surface area (Å²) in [6.07, 6.45) is 3.50. The average Bonchev–Trinajstić information content (AvgIpc) is 2.49. The standard InChI is InChI=1S/C15H15N3O2S/c1-10-5-4-8-16-13(10)18-15(20)14(19)17-11-6-3-7-12(9-11)21-2/h3-9H,1-2H3,(H,17,19)(H,16,18,20). The first-order chi connectivity index (χ1) is 10.1. The van der Waals surface area contributed by atoms with E-state index in [2.05, 4.69) is 15.6 Å². The summed E-state index contributed by atoms with van der Waals surface area (Å²) in [5.41, 5.74) is 1.38. The van der Waals surface area contributed by atoms with Crippen molar-refractivity contribution < 1.29 is 9.59 Å². The molecule has 0 saturated carbocycles. The highest BCUT2D eigenvalue weighted by molar-refractivity contribution is 7.98.